The molecule has 2 nitrogen and oxygen atoms in total. The fraction of sp³-hybridized carbons (Fsp3) is 0.364. The first-order valence-electron chi connectivity index (χ1n) is 8.93. The number of hydrogen-bond donors (Lipinski definition) is 0. The Labute approximate surface area is 146 Å². The number of benzene rings is 2. The van der Waals surface area contributed by atoms with Crippen LogP contribution in [-0.2, 0) is 0 Å². The Morgan fingerprint density at radius 1 is 0.708 bits per heavy atom. The minimum Gasteiger partial charge on any atom is -0.326 e. The number of para-hydroxylation sites is 2. The summed E-state index contributed by atoms with van der Waals surface area (Å²) < 4.78 is 0. The number of rotatable bonds is 4. The fourth-order valence-corrected chi connectivity index (χ4v) is 3.50. The van der Waals surface area contributed by atoms with Crippen molar-refractivity contribution < 1.29 is 0 Å². The average Bonchev–Trinajstić information content (AvgIpc) is 2.96. The lowest BCUT2D eigenvalue weighted by Crippen LogP contribution is -2.37. The normalized spacial score (nSPS) is 17.4. The van der Waals surface area contributed by atoms with Crippen molar-refractivity contribution in [3.05, 3.63) is 72.1 Å². The lowest BCUT2D eigenvalue weighted by molar-refractivity contribution is 0.728. The van der Waals surface area contributed by atoms with Crippen LogP contribution in [0.25, 0.3) is 0 Å². The molecule has 0 unspecified atom stereocenters. The van der Waals surface area contributed by atoms with Crippen LogP contribution in [0.5, 0.6) is 0 Å². The van der Waals surface area contributed by atoms with E-state index in [1.807, 2.05) is 0 Å². The summed E-state index contributed by atoms with van der Waals surface area (Å²) in [5, 5.41) is 0. The quantitative estimate of drug-likeness (QED) is 0.674. The summed E-state index contributed by atoms with van der Waals surface area (Å²) in [6.45, 7) is 11.4. The summed E-state index contributed by atoms with van der Waals surface area (Å²) in [4.78, 5) is 4.76. The first-order chi connectivity index (χ1) is 11.5. The molecule has 1 aliphatic heterocycles. The molecule has 24 heavy (non-hydrogen) atoms. The minimum absolute atomic E-state index is 0.268. The van der Waals surface area contributed by atoms with Gasteiger partial charge < -0.3 is 9.80 Å². The Kier molecular flexibility index (Phi) is 4.66. The smallest absolute Gasteiger partial charge is 0.107 e. The standard InChI is InChI=1S/C22H28N2/c1-16(2)20-12-9-13-21(17(3)4)22(20)24-15-14-23(18(24)5)19-10-7-6-8-11-19/h6-18H,1-5H3/t18-/m0/s1. The van der Waals surface area contributed by atoms with Gasteiger partial charge in [-0.2, -0.15) is 0 Å². The Morgan fingerprint density at radius 3 is 1.79 bits per heavy atom. The third kappa shape index (κ3) is 2.93. The van der Waals surface area contributed by atoms with Crippen molar-refractivity contribution in [1.29, 1.82) is 0 Å². The highest BCUT2D eigenvalue weighted by Gasteiger charge is 2.28. The molecule has 3 rings (SSSR count). The van der Waals surface area contributed by atoms with E-state index in [1.54, 1.807) is 0 Å². The molecule has 0 radical (unpaired) electrons. The van der Waals surface area contributed by atoms with Gasteiger partial charge in [0.1, 0.15) is 6.17 Å². The van der Waals surface area contributed by atoms with Gasteiger partial charge >= 0.3 is 0 Å². The van der Waals surface area contributed by atoms with Crippen molar-refractivity contribution in [2.24, 2.45) is 0 Å². The predicted molar refractivity (Wildman–Crippen MR) is 105 cm³/mol. The molecule has 1 heterocycles. The number of nitrogens with zero attached hydrogens (tertiary/aromatic N) is 2. The van der Waals surface area contributed by atoms with E-state index >= 15 is 0 Å². The van der Waals surface area contributed by atoms with Gasteiger partial charge in [-0.1, -0.05) is 64.1 Å². The zero-order valence-electron chi connectivity index (χ0n) is 15.4. The highest BCUT2D eigenvalue weighted by molar-refractivity contribution is 5.68. The first-order valence-corrected chi connectivity index (χ1v) is 8.93. The molecule has 0 bridgehead atoms. The zero-order valence-corrected chi connectivity index (χ0v) is 15.4. The van der Waals surface area contributed by atoms with E-state index in [9.17, 15) is 0 Å². The molecule has 0 saturated heterocycles. The molecular formula is C22H28N2. The van der Waals surface area contributed by atoms with Crippen LogP contribution in [0.15, 0.2) is 60.9 Å². The average molecular weight is 320 g/mol. The van der Waals surface area contributed by atoms with Crippen molar-refractivity contribution in [2.75, 3.05) is 9.80 Å². The highest BCUT2D eigenvalue weighted by Crippen LogP contribution is 2.39. The SMILES string of the molecule is CC(C)c1cccc(C(C)C)c1N1C=CN(c2ccccc2)[C@@H]1C. The minimum atomic E-state index is 0.268. The Bertz CT molecular complexity index is 690. The van der Waals surface area contributed by atoms with Gasteiger partial charge in [-0.3, -0.25) is 0 Å². The van der Waals surface area contributed by atoms with Crippen LogP contribution in [0.4, 0.5) is 11.4 Å². The molecule has 2 aromatic carbocycles. The van der Waals surface area contributed by atoms with Gasteiger partial charge in [0.15, 0.2) is 0 Å². The first kappa shape index (κ1) is 16.6. The Morgan fingerprint density at radius 2 is 1.25 bits per heavy atom. The highest BCUT2D eigenvalue weighted by atomic mass is 15.4. The van der Waals surface area contributed by atoms with Gasteiger partial charge in [0.25, 0.3) is 0 Å². The maximum atomic E-state index is 2.43. The Balaban J connectivity index is 2.03. The fourth-order valence-electron chi connectivity index (χ4n) is 3.50. The summed E-state index contributed by atoms with van der Waals surface area (Å²) >= 11 is 0. The van der Waals surface area contributed by atoms with Gasteiger partial charge in [0, 0.05) is 23.8 Å². The van der Waals surface area contributed by atoms with Crippen LogP contribution in [0.3, 0.4) is 0 Å². The van der Waals surface area contributed by atoms with Crippen molar-refractivity contribution in [3.63, 3.8) is 0 Å². The van der Waals surface area contributed by atoms with Crippen molar-refractivity contribution in [2.45, 2.75) is 52.6 Å². The van der Waals surface area contributed by atoms with Gasteiger partial charge in [0.2, 0.25) is 0 Å². The molecule has 1 atom stereocenters. The molecular weight excluding hydrogens is 292 g/mol. The number of hydrogen-bond acceptors (Lipinski definition) is 2. The molecule has 2 aromatic rings. The summed E-state index contributed by atoms with van der Waals surface area (Å²) in [5.41, 5.74) is 5.46. The molecule has 0 aromatic heterocycles. The maximum Gasteiger partial charge on any atom is 0.107 e. The molecule has 1 aliphatic rings. The third-order valence-electron chi connectivity index (χ3n) is 4.85. The summed E-state index contributed by atoms with van der Waals surface area (Å²) in [6, 6.07) is 17.4. The van der Waals surface area contributed by atoms with E-state index in [4.69, 9.17) is 0 Å². The van der Waals surface area contributed by atoms with Crippen LogP contribution in [0.1, 0.15) is 57.6 Å². The second-order valence-electron chi connectivity index (χ2n) is 7.17. The maximum absolute atomic E-state index is 2.43. The molecule has 0 saturated carbocycles. The van der Waals surface area contributed by atoms with Crippen LogP contribution in [0, 0.1) is 0 Å². The lowest BCUT2D eigenvalue weighted by atomic mass is 9.92. The number of anilines is 2. The van der Waals surface area contributed by atoms with E-state index in [0.29, 0.717) is 11.8 Å². The van der Waals surface area contributed by atoms with Crippen molar-refractivity contribution in [1.82, 2.24) is 0 Å². The largest absolute Gasteiger partial charge is 0.326 e. The molecule has 0 aliphatic carbocycles. The predicted octanol–water partition coefficient (Wildman–Crippen LogP) is 6.08. The van der Waals surface area contributed by atoms with E-state index < -0.39 is 0 Å². The second kappa shape index (κ2) is 6.72. The van der Waals surface area contributed by atoms with Crippen LogP contribution >= 0.6 is 0 Å². The van der Waals surface area contributed by atoms with Gasteiger partial charge in [-0.15, -0.1) is 0 Å². The van der Waals surface area contributed by atoms with Gasteiger partial charge in [0.05, 0.1) is 0 Å². The van der Waals surface area contributed by atoms with Crippen LogP contribution < -0.4 is 9.80 Å². The van der Waals surface area contributed by atoms with Gasteiger partial charge in [-0.25, -0.2) is 0 Å². The zero-order chi connectivity index (χ0) is 17.3. The lowest BCUT2D eigenvalue weighted by Gasteiger charge is -2.34. The van der Waals surface area contributed by atoms with E-state index in [1.165, 1.54) is 22.5 Å². The molecule has 126 valence electrons. The van der Waals surface area contributed by atoms with E-state index in [2.05, 4.69) is 105 Å². The Hall–Kier alpha value is -2.22. The molecule has 0 N–H and O–H groups in total. The molecule has 2 heteroatoms. The summed E-state index contributed by atoms with van der Waals surface area (Å²) in [6.07, 6.45) is 4.69. The second-order valence-corrected chi connectivity index (χ2v) is 7.17. The third-order valence-corrected chi connectivity index (χ3v) is 4.85. The molecule has 0 fully saturated rings. The van der Waals surface area contributed by atoms with Crippen molar-refractivity contribution in [3.8, 4) is 0 Å². The van der Waals surface area contributed by atoms with Crippen molar-refractivity contribution >= 4 is 11.4 Å². The topological polar surface area (TPSA) is 6.48 Å². The van der Waals surface area contributed by atoms with Crippen LogP contribution in [-0.4, -0.2) is 6.17 Å². The summed E-state index contributed by atoms with van der Waals surface area (Å²) in [5.74, 6) is 1.01. The molecule has 0 spiro atoms. The van der Waals surface area contributed by atoms with Gasteiger partial charge in [-0.05, 0) is 42.0 Å². The molecule has 0 amide bonds. The van der Waals surface area contributed by atoms with Crippen LogP contribution in [0.2, 0.25) is 0 Å². The summed E-state index contributed by atoms with van der Waals surface area (Å²) in [7, 11) is 0. The monoisotopic (exact) mass is 320 g/mol. The van der Waals surface area contributed by atoms with E-state index in [0.717, 1.165) is 0 Å². The van der Waals surface area contributed by atoms with E-state index in [-0.39, 0.29) is 6.17 Å².